The van der Waals surface area contributed by atoms with Crippen LogP contribution < -0.4 is 4.74 Å². The molecule has 0 atom stereocenters. The quantitative estimate of drug-likeness (QED) is 0.669. The van der Waals surface area contributed by atoms with Gasteiger partial charge in [0.25, 0.3) is 5.91 Å². The van der Waals surface area contributed by atoms with E-state index in [1.165, 1.54) is 12.8 Å². The highest BCUT2D eigenvalue weighted by atomic mass is 79.9. The van der Waals surface area contributed by atoms with Gasteiger partial charge in [0, 0.05) is 28.8 Å². The largest absolute Gasteiger partial charge is 0.439 e. The van der Waals surface area contributed by atoms with Gasteiger partial charge in [0.05, 0.1) is 5.56 Å². The first-order chi connectivity index (χ1) is 12.0. The Morgan fingerprint density at radius 1 is 1.24 bits per heavy atom. The zero-order chi connectivity index (χ0) is 17.8. The number of rotatable bonds is 5. The molecule has 5 heteroatoms. The van der Waals surface area contributed by atoms with Gasteiger partial charge < -0.3 is 9.64 Å². The lowest BCUT2D eigenvalue weighted by Crippen LogP contribution is -2.43. The highest BCUT2D eigenvalue weighted by molar-refractivity contribution is 9.10. The normalized spacial score (nSPS) is 14.7. The number of halogens is 1. The van der Waals surface area contributed by atoms with Gasteiger partial charge in [0.2, 0.25) is 5.88 Å². The number of pyridine rings is 1. The van der Waals surface area contributed by atoms with Crippen LogP contribution in [0.5, 0.6) is 11.6 Å². The Morgan fingerprint density at radius 3 is 2.60 bits per heavy atom. The van der Waals surface area contributed by atoms with Gasteiger partial charge in [0.1, 0.15) is 5.75 Å². The average molecular weight is 403 g/mol. The molecule has 0 unspecified atom stereocenters. The van der Waals surface area contributed by atoms with Crippen molar-refractivity contribution in [3.8, 4) is 11.6 Å². The van der Waals surface area contributed by atoms with Crippen molar-refractivity contribution in [3.63, 3.8) is 0 Å². The van der Waals surface area contributed by atoms with Gasteiger partial charge in [-0.15, -0.1) is 0 Å². The Balaban J connectivity index is 1.73. The zero-order valence-corrected chi connectivity index (χ0v) is 16.2. The van der Waals surface area contributed by atoms with Crippen LogP contribution in [0.1, 0.15) is 49.9 Å². The molecule has 4 nitrogen and oxygen atoms in total. The summed E-state index contributed by atoms with van der Waals surface area (Å²) in [7, 11) is 0. The maximum Gasteiger partial charge on any atom is 0.255 e. The number of ether oxygens (including phenoxy) is 1. The molecule has 1 heterocycles. The molecule has 3 rings (SSSR count). The van der Waals surface area contributed by atoms with Crippen molar-refractivity contribution in [2.45, 2.75) is 51.6 Å². The lowest BCUT2D eigenvalue weighted by atomic mass is 10.1. The van der Waals surface area contributed by atoms with E-state index in [1.54, 1.807) is 18.3 Å². The molecule has 1 aliphatic rings. The Hall–Kier alpha value is -1.88. The second kappa shape index (κ2) is 8.00. The zero-order valence-electron chi connectivity index (χ0n) is 14.6. The molecule has 0 N–H and O–H groups in total. The summed E-state index contributed by atoms with van der Waals surface area (Å²) >= 11 is 3.42. The summed E-state index contributed by atoms with van der Waals surface area (Å²) < 4.78 is 6.68. The fourth-order valence-electron chi connectivity index (χ4n) is 3.37. The fourth-order valence-corrected chi connectivity index (χ4v) is 3.75. The van der Waals surface area contributed by atoms with Crippen LogP contribution in [0.4, 0.5) is 0 Å². The van der Waals surface area contributed by atoms with Crippen LogP contribution in [-0.4, -0.2) is 27.9 Å². The van der Waals surface area contributed by atoms with Crippen molar-refractivity contribution >= 4 is 21.8 Å². The molecular weight excluding hydrogens is 380 g/mol. The monoisotopic (exact) mass is 402 g/mol. The highest BCUT2D eigenvalue weighted by Crippen LogP contribution is 2.27. The lowest BCUT2D eigenvalue weighted by Gasteiger charge is -2.32. The predicted molar refractivity (Wildman–Crippen MR) is 102 cm³/mol. The first-order valence-corrected chi connectivity index (χ1v) is 9.56. The van der Waals surface area contributed by atoms with Crippen molar-refractivity contribution < 1.29 is 9.53 Å². The Morgan fingerprint density at radius 2 is 2.00 bits per heavy atom. The Labute approximate surface area is 157 Å². The topological polar surface area (TPSA) is 42.4 Å². The van der Waals surface area contributed by atoms with E-state index in [0.717, 1.165) is 17.3 Å². The van der Waals surface area contributed by atoms with Crippen LogP contribution in [0.2, 0.25) is 0 Å². The first-order valence-electron chi connectivity index (χ1n) is 8.77. The van der Waals surface area contributed by atoms with E-state index in [1.807, 2.05) is 29.2 Å². The van der Waals surface area contributed by atoms with Crippen LogP contribution in [0.15, 0.2) is 47.1 Å². The lowest BCUT2D eigenvalue weighted by molar-refractivity contribution is 0.0613. The van der Waals surface area contributed by atoms with E-state index in [9.17, 15) is 4.79 Å². The fraction of sp³-hybridized carbons (Fsp3) is 0.400. The third-order valence-electron chi connectivity index (χ3n) is 4.51. The SMILES string of the molecule is CC(C)N(C(=O)c1ccc(Oc2cccc(Br)c2)nc1)C1CCCC1. The molecule has 0 radical (unpaired) electrons. The van der Waals surface area contributed by atoms with Crippen molar-refractivity contribution in [2.24, 2.45) is 0 Å². The molecule has 1 aromatic heterocycles. The van der Waals surface area contributed by atoms with Gasteiger partial charge in [-0.25, -0.2) is 4.98 Å². The third kappa shape index (κ3) is 4.40. The summed E-state index contributed by atoms with van der Waals surface area (Å²) in [6, 6.07) is 11.7. The van der Waals surface area contributed by atoms with Crippen molar-refractivity contribution in [1.29, 1.82) is 0 Å². The van der Waals surface area contributed by atoms with Crippen molar-refractivity contribution in [2.75, 3.05) is 0 Å². The second-order valence-electron chi connectivity index (χ2n) is 6.69. The molecule has 2 aromatic rings. The van der Waals surface area contributed by atoms with E-state index in [-0.39, 0.29) is 11.9 Å². The van der Waals surface area contributed by atoms with E-state index in [2.05, 4.69) is 34.8 Å². The van der Waals surface area contributed by atoms with Crippen LogP contribution in [0, 0.1) is 0 Å². The number of nitrogens with zero attached hydrogens (tertiary/aromatic N) is 2. The molecule has 25 heavy (non-hydrogen) atoms. The van der Waals surface area contributed by atoms with Crippen molar-refractivity contribution in [1.82, 2.24) is 9.88 Å². The minimum Gasteiger partial charge on any atom is -0.439 e. The number of benzene rings is 1. The summed E-state index contributed by atoms with van der Waals surface area (Å²) in [6.07, 6.45) is 6.22. The van der Waals surface area contributed by atoms with E-state index >= 15 is 0 Å². The molecule has 1 amide bonds. The molecule has 1 aliphatic carbocycles. The summed E-state index contributed by atoms with van der Waals surface area (Å²) in [4.78, 5) is 19.2. The van der Waals surface area contributed by atoms with E-state index in [0.29, 0.717) is 23.2 Å². The number of carbonyl (C=O) groups excluding carboxylic acids is 1. The molecule has 0 bridgehead atoms. The Bertz CT molecular complexity index is 725. The van der Waals surface area contributed by atoms with Gasteiger partial charge in [0.15, 0.2) is 0 Å². The first kappa shape index (κ1) is 17.9. The third-order valence-corrected chi connectivity index (χ3v) is 5.00. The molecular formula is C20H23BrN2O2. The number of carbonyl (C=O) groups is 1. The minimum atomic E-state index is 0.0587. The van der Waals surface area contributed by atoms with Gasteiger partial charge in [-0.3, -0.25) is 4.79 Å². The van der Waals surface area contributed by atoms with Crippen LogP contribution in [0.3, 0.4) is 0 Å². The molecule has 132 valence electrons. The van der Waals surface area contributed by atoms with Gasteiger partial charge >= 0.3 is 0 Å². The standard InChI is InChI=1S/C20H23BrN2O2/c1-14(2)23(17-7-3-4-8-17)20(24)15-10-11-19(22-13-15)25-18-9-5-6-16(21)12-18/h5-6,9-14,17H,3-4,7-8H2,1-2H3. The molecule has 1 saturated carbocycles. The highest BCUT2D eigenvalue weighted by Gasteiger charge is 2.29. The van der Waals surface area contributed by atoms with Crippen LogP contribution >= 0.6 is 15.9 Å². The second-order valence-corrected chi connectivity index (χ2v) is 7.60. The molecule has 0 aliphatic heterocycles. The molecule has 0 spiro atoms. The number of hydrogen-bond donors (Lipinski definition) is 0. The van der Waals surface area contributed by atoms with Gasteiger partial charge in [-0.2, -0.15) is 0 Å². The maximum atomic E-state index is 12.9. The predicted octanol–water partition coefficient (Wildman–Crippen LogP) is 5.43. The number of aromatic nitrogens is 1. The van der Waals surface area contributed by atoms with Gasteiger partial charge in [-0.1, -0.05) is 34.8 Å². The smallest absolute Gasteiger partial charge is 0.255 e. The summed E-state index contributed by atoms with van der Waals surface area (Å²) in [5.41, 5.74) is 0.613. The maximum absolute atomic E-state index is 12.9. The summed E-state index contributed by atoms with van der Waals surface area (Å²) in [5, 5.41) is 0. The van der Waals surface area contributed by atoms with Crippen molar-refractivity contribution in [3.05, 3.63) is 52.6 Å². The van der Waals surface area contributed by atoms with Crippen LogP contribution in [-0.2, 0) is 0 Å². The molecule has 1 aromatic carbocycles. The molecule has 0 saturated heterocycles. The molecule has 1 fully saturated rings. The van der Waals surface area contributed by atoms with Gasteiger partial charge in [-0.05, 0) is 51.0 Å². The minimum absolute atomic E-state index is 0.0587. The van der Waals surface area contributed by atoms with E-state index < -0.39 is 0 Å². The summed E-state index contributed by atoms with van der Waals surface area (Å²) in [6.45, 7) is 4.16. The van der Waals surface area contributed by atoms with Crippen LogP contribution in [0.25, 0.3) is 0 Å². The Kier molecular flexibility index (Phi) is 5.74. The summed E-state index contributed by atoms with van der Waals surface area (Å²) in [5.74, 6) is 1.24. The number of hydrogen-bond acceptors (Lipinski definition) is 3. The average Bonchev–Trinajstić information content (AvgIpc) is 3.09. The van der Waals surface area contributed by atoms with E-state index in [4.69, 9.17) is 4.74 Å². The number of amides is 1.